The molecule has 112 valence electrons. The first kappa shape index (κ1) is 15.4. The molecule has 2 unspecified atom stereocenters. The number of benzene rings is 1. The van der Waals surface area contributed by atoms with Crippen molar-refractivity contribution in [3.05, 3.63) is 29.3 Å². The van der Waals surface area contributed by atoms with E-state index in [0.29, 0.717) is 24.3 Å². The number of nitrogens with one attached hydrogen (secondary N) is 1. The topological polar surface area (TPSA) is 75.6 Å². The average molecular weight is 299 g/mol. The predicted octanol–water partition coefficient (Wildman–Crippen LogP) is 1.19. The molecular formula is C14H21NO4S. The average Bonchev–Trinajstić information content (AvgIpc) is 2.82. The van der Waals surface area contributed by atoms with Gasteiger partial charge in [-0.3, -0.25) is 0 Å². The van der Waals surface area contributed by atoms with Crippen LogP contribution in [0.1, 0.15) is 24.5 Å². The van der Waals surface area contributed by atoms with Crippen molar-refractivity contribution < 1.29 is 18.3 Å². The molecule has 6 heteroatoms. The van der Waals surface area contributed by atoms with E-state index in [2.05, 4.69) is 4.72 Å². The molecule has 5 nitrogen and oxygen atoms in total. The molecule has 1 aliphatic heterocycles. The number of aliphatic hydroxyl groups is 1. The normalized spacial score (nSPS) is 23.1. The van der Waals surface area contributed by atoms with Gasteiger partial charge in [-0.2, -0.15) is 0 Å². The van der Waals surface area contributed by atoms with Crippen molar-refractivity contribution in [3.63, 3.8) is 0 Å². The molecule has 1 fully saturated rings. The van der Waals surface area contributed by atoms with Crippen LogP contribution in [0.2, 0.25) is 0 Å². The summed E-state index contributed by atoms with van der Waals surface area (Å²) in [6.07, 6.45) is 0.960. The molecule has 1 aromatic rings. The minimum atomic E-state index is -3.55. The number of rotatable bonds is 5. The lowest BCUT2D eigenvalue weighted by atomic mass is 10.0. The van der Waals surface area contributed by atoms with Gasteiger partial charge in [0, 0.05) is 19.1 Å². The minimum Gasteiger partial charge on any atom is -0.392 e. The van der Waals surface area contributed by atoms with Crippen molar-refractivity contribution in [2.45, 2.75) is 37.9 Å². The van der Waals surface area contributed by atoms with E-state index in [1.54, 1.807) is 19.1 Å². The summed E-state index contributed by atoms with van der Waals surface area (Å²) in [4.78, 5) is 0.232. The summed E-state index contributed by atoms with van der Waals surface area (Å²) in [5, 5.41) is 9.12. The highest BCUT2D eigenvalue weighted by Crippen LogP contribution is 2.21. The summed E-state index contributed by atoms with van der Waals surface area (Å²) in [6, 6.07) is 4.95. The quantitative estimate of drug-likeness (QED) is 0.856. The maximum atomic E-state index is 12.4. The number of hydrogen-bond acceptors (Lipinski definition) is 4. The molecule has 0 bridgehead atoms. The number of aryl methyl sites for hydroxylation is 1. The zero-order valence-electron chi connectivity index (χ0n) is 11.8. The zero-order chi connectivity index (χ0) is 14.8. The van der Waals surface area contributed by atoms with Crippen LogP contribution in [0.4, 0.5) is 0 Å². The van der Waals surface area contributed by atoms with Crippen molar-refractivity contribution >= 4 is 10.0 Å². The lowest BCUT2D eigenvalue weighted by Crippen LogP contribution is -2.32. The lowest BCUT2D eigenvalue weighted by Gasteiger charge is -2.16. The fraction of sp³-hybridized carbons (Fsp3) is 0.571. The van der Waals surface area contributed by atoms with Crippen molar-refractivity contribution in [1.29, 1.82) is 0 Å². The van der Waals surface area contributed by atoms with Crippen LogP contribution in [0.3, 0.4) is 0 Å². The van der Waals surface area contributed by atoms with E-state index in [9.17, 15) is 8.42 Å². The van der Waals surface area contributed by atoms with Crippen LogP contribution in [0.25, 0.3) is 0 Å². The molecule has 1 aromatic carbocycles. The smallest absolute Gasteiger partial charge is 0.240 e. The molecule has 0 radical (unpaired) electrons. The lowest BCUT2D eigenvalue weighted by molar-refractivity contribution is 0.107. The Balaban J connectivity index is 2.13. The van der Waals surface area contributed by atoms with Crippen LogP contribution in [0, 0.1) is 12.8 Å². The number of sulfonamides is 1. The minimum absolute atomic E-state index is 0.0857. The Morgan fingerprint density at radius 2 is 2.20 bits per heavy atom. The van der Waals surface area contributed by atoms with Gasteiger partial charge in [-0.1, -0.05) is 12.1 Å². The van der Waals surface area contributed by atoms with E-state index >= 15 is 0 Å². The zero-order valence-corrected chi connectivity index (χ0v) is 12.6. The fourth-order valence-electron chi connectivity index (χ4n) is 2.37. The summed E-state index contributed by atoms with van der Waals surface area (Å²) >= 11 is 0. The number of ether oxygens (including phenoxy) is 1. The van der Waals surface area contributed by atoms with Crippen molar-refractivity contribution in [2.24, 2.45) is 5.92 Å². The summed E-state index contributed by atoms with van der Waals surface area (Å²) in [6.45, 7) is 4.61. The Morgan fingerprint density at radius 3 is 2.80 bits per heavy atom. The first-order valence-corrected chi connectivity index (χ1v) is 8.24. The van der Waals surface area contributed by atoms with E-state index < -0.39 is 10.0 Å². The summed E-state index contributed by atoms with van der Waals surface area (Å²) in [7, 11) is -3.55. The standard InChI is InChI=1S/C14H21NO4S/c1-10-3-4-12(9-16)7-14(10)20(17,18)15-8-13-5-6-19-11(13)2/h3-4,7,11,13,15-16H,5-6,8-9H2,1-2H3. The molecule has 1 heterocycles. The van der Waals surface area contributed by atoms with Crippen molar-refractivity contribution in [3.8, 4) is 0 Å². The van der Waals surface area contributed by atoms with Crippen LogP contribution in [0.15, 0.2) is 23.1 Å². The second-order valence-electron chi connectivity index (χ2n) is 5.23. The molecule has 0 aliphatic carbocycles. The van der Waals surface area contributed by atoms with Crippen molar-refractivity contribution in [1.82, 2.24) is 4.72 Å². The first-order chi connectivity index (χ1) is 9.44. The fourth-order valence-corrected chi connectivity index (χ4v) is 3.76. The number of aliphatic hydroxyl groups excluding tert-OH is 1. The second kappa shape index (κ2) is 6.22. The highest BCUT2D eigenvalue weighted by atomic mass is 32.2. The Kier molecular flexibility index (Phi) is 4.80. The SMILES string of the molecule is Cc1ccc(CO)cc1S(=O)(=O)NCC1CCOC1C. The van der Waals surface area contributed by atoms with Gasteiger partial charge in [0.1, 0.15) is 0 Å². The van der Waals surface area contributed by atoms with Crippen LogP contribution < -0.4 is 4.72 Å². The van der Waals surface area contributed by atoms with E-state index in [1.165, 1.54) is 6.07 Å². The molecule has 1 aliphatic rings. The van der Waals surface area contributed by atoms with Gasteiger partial charge in [0.15, 0.2) is 0 Å². The molecule has 2 atom stereocenters. The van der Waals surface area contributed by atoms with Crippen LogP contribution in [-0.4, -0.2) is 32.8 Å². The van der Waals surface area contributed by atoms with Gasteiger partial charge >= 0.3 is 0 Å². The summed E-state index contributed by atoms with van der Waals surface area (Å²) < 4.78 is 32.8. The van der Waals surface area contributed by atoms with E-state index in [0.717, 1.165) is 6.42 Å². The maximum absolute atomic E-state index is 12.4. The predicted molar refractivity (Wildman–Crippen MR) is 75.8 cm³/mol. The largest absolute Gasteiger partial charge is 0.392 e. The molecule has 0 amide bonds. The monoisotopic (exact) mass is 299 g/mol. The van der Waals surface area contributed by atoms with Gasteiger partial charge in [-0.25, -0.2) is 13.1 Å². The molecule has 0 aromatic heterocycles. The molecule has 1 saturated heterocycles. The Labute approximate surface area is 120 Å². The van der Waals surface area contributed by atoms with E-state index in [1.807, 2.05) is 6.92 Å². The third-order valence-electron chi connectivity index (χ3n) is 3.79. The van der Waals surface area contributed by atoms with Crippen LogP contribution >= 0.6 is 0 Å². The van der Waals surface area contributed by atoms with E-state index in [4.69, 9.17) is 9.84 Å². The van der Waals surface area contributed by atoms with Gasteiger partial charge in [0.05, 0.1) is 17.6 Å². The van der Waals surface area contributed by atoms with Gasteiger partial charge in [-0.05, 0) is 37.5 Å². The molecule has 0 spiro atoms. The van der Waals surface area contributed by atoms with Crippen molar-refractivity contribution in [2.75, 3.05) is 13.2 Å². The first-order valence-electron chi connectivity index (χ1n) is 6.75. The molecular weight excluding hydrogens is 278 g/mol. The molecule has 20 heavy (non-hydrogen) atoms. The molecule has 2 N–H and O–H groups in total. The Hall–Kier alpha value is -0.950. The third kappa shape index (κ3) is 3.38. The van der Waals surface area contributed by atoms with Gasteiger partial charge in [0.25, 0.3) is 0 Å². The number of hydrogen-bond donors (Lipinski definition) is 2. The maximum Gasteiger partial charge on any atom is 0.240 e. The Bertz CT molecular complexity index is 571. The summed E-state index contributed by atoms with van der Waals surface area (Å²) in [5.74, 6) is 0.214. The second-order valence-corrected chi connectivity index (χ2v) is 6.97. The summed E-state index contributed by atoms with van der Waals surface area (Å²) in [5.41, 5.74) is 1.26. The Morgan fingerprint density at radius 1 is 1.45 bits per heavy atom. The van der Waals surface area contributed by atoms with Gasteiger partial charge in [-0.15, -0.1) is 0 Å². The third-order valence-corrected chi connectivity index (χ3v) is 5.36. The van der Waals surface area contributed by atoms with Gasteiger partial charge in [0.2, 0.25) is 10.0 Å². The van der Waals surface area contributed by atoms with E-state index in [-0.39, 0.29) is 23.5 Å². The molecule has 2 rings (SSSR count). The van der Waals surface area contributed by atoms with Gasteiger partial charge < -0.3 is 9.84 Å². The van der Waals surface area contributed by atoms with Crippen LogP contribution in [-0.2, 0) is 21.4 Å². The van der Waals surface area contributed by atoms with Crippen LogP contribution in [0.5, 0.6) is 0 Å². The molecule has 0 saturated carbocycles. The highest BCUT2D eigenvalue weighted by Gasteiger charge is 2.26. The highest BCUT2D eigenvalue weighted by molar-refractivity contribution is 7.89.